The maximum absolute atomic E-state index is 5.34. The molecule has 1 aliphatic heterocycles. The topological polar surface area (TPSA) is 60.0 Å². The van der Waals surface area contributed by atoms with Crippen molar-refractivity contribution in [2.45, 2.75) is 32.1 Å². The van der Waals surface area contributed by atoms with Gasteiger partial charge in [-0.25, -0.2) is 4.98 Å². The largest absolute Gasteiger partial charge is 0.338 e. The van der Waals surface area contributed by atoms with Crippen molar-refractivity contribution in [2.24, 2.45) is 7.05 Å². The summed E-state index contributed by atoms with van der Waals surface area (Å²) >= 11 is 0. The van der Waals surface area contributed by atoms with Gasteiger partial charge in [0.2, 0.25) is 0 Å². The van der Waals surface area contributed by atoms with Crippen LogP contribution < -0.4 is 4.90 Å². The van der Waals surface area contributed by atoms with E-state index in [2.05, 4.69) is 38.4 Å². The number of aryl methyl sites for hydroxylation is 1. The molecule has 0 aliphatic carbocycles. The Morgan fingerprint density at radius 2 is 2.26 bits per heavy atom. The van der Waals surface area contributed by atoms with Crippen LogP contribution in [-0.2, 0) is 7.05 Å². The maximum atomic E-state index is 5.34. The molecular formula is C13H19N5O. The van der Waals surface area contributed by atoms with E-state index in [0.717, 1.165) is 31.2 Å². The number of rotatable bonds is 3. The van der Waals surface area contributed by atoms with Gasteiger partial charge in [-0.3, -0.25) is 0 Å². The van der Waals surface area contributed by atoms with Gasteiger partial charge in [-0.05, 0) is 6.42 Å². The van der Waals surface area contributed by atoms with E-state index in [-0.39, 0.29) is 0 Å². The molecule has 0 spiro atoms. The number of imidazole rings is 1. The summed E-state index contributed by atoms with van der Waals surface area (Å²) < 4.78 is 7.43. The van der Waals surface area contributed by atoms with Crippen molar-refractivity contribution in [2.75, 3.05) is 18.0 Å². The van der Waals surface area contributed by atoms with E-state index in [1.807, 2.05) is 19.4 Å². The quantitative estimate of drug-likeness (QED) is 0.844. The molecule has 102 valence electrons. The molecule has 0 radical (unpaired) electrons. The third kappa shape index (κ3) is 2.22. The number of hydrogen-bond acceptors (Lipinski definition) is 5. The predicted octanol–water partition coefficient (Wildman–Crippen LogP) is 1.92. The Morgan fingerprint density at radius 1 is 1.42 bits per heavy atom. The van der Waals surface area contributed by atoms with E-state index >= 15 is 0 Å². The van der Waals surface area contributed by atoms with Crippen LogP contribution in [0.2, 0.25) is 0 Å². The Bertz CT molecular complexity index is 559. The Kier molecular flexibility index (Phi) is 3.00. The van der Waals surface area contributed by atoms with Crippen molar-refractivity contribution in [3.63, 3.8) is 0 Å². The number of anilines is 1. The van der Waals surface area contributed by atoms with E-state index in [1.54, 1.807) is 0 Å². The van der Waals surface area contributed by atoms with Crippen LogP contribution in [0.4, 0.5) is 6.01 Å². The van der Waals surface area contributed by atoms with Gasteiger partial charge in [0.1, 0.15) is 5.82 Å². The molecule has 1 aliphatic rings. The maximum Gasteiger partial charge on any atom is 0.324 e. The summed E-state index contributed by atoms with van der Waals surface area (Å²) in [5.41, 5.74) is 0. The highest BCUT2D eigenvalue weighted by Crippen LogP contribution is 2.29. The second kappa shape index (κ2) is 4.68. The van der Waals surface area contributed by atoms with Crippen molar-refractivity contribution in [1.82, 2.24) is 19.7 Å². The van der Waals surface area contributed by atoms with Gasteiger partial charge in [-0.1, -0.05) is 19.0 Å². The number of nitrogens with zero attached hydrogens (tertiary/aromatic N) is 5. The highest BCUT2D eigenvalue weighted by molar-refractivity contribution is 5.30. The Hall–Kier alpha value is -1.85. The molecule has 0 aromatic carbocycles. The lowest BCUT2D eigenvalue weighted by Gasteiger charge is -2.12. The highest BCUT2D eigenvalue weighted by Gasteiger charge is 2.29. The van der Waals surface area contributed by atoms with E-state index in [0.29, 0.717) is 17.9 Å². The summed E-state index contributed by atoms with van der Waals surface area (Å²) in [5, 5.41) is 4.02. The van der Waals surface area contributed by atoms with Gasteiger partial charge in [0, 0.05) is 44.4 Å². The second-order valence-electron chi connectivity index (χ2n) is 5.42. The molecule has 0 saturated carbocycles. The highest BCUT2D eigenvalue weighted by atomic mass is 16.5. The average Bonchev–Trinajstić information content (AvgIpc) is 3.07. The molecule has 0 amide bonds. The molecule has 6 nitrogen and oxygen atoms in total. The van der Waals surface area contributed by atoms with Crippen molar-refractivity contribution < 1.29 is 4.52 Å². The normalized spacial score (nSPS) is 19.6. The van der Waals surface area contributed by atoms with E-state index in [9.17, 15) is 0 Å². The zero-order valence-corrected chi connectivity index (χ0v) is 11.6. The lowest BCUT2D eigenvalue weighted by molar-refractivity contribution is 0.407. The predicted molar refractivity (Wildman–Crippen MR) is 71.2 cm³/mol. The molecule has 2 aromatic rings. The fourth-order valence-corrected chi connectivity index (χ4v) is 2.50. The smallest absolute Gasteiger partial charge is 0.324 e. The minimum absolute atomic E-state index is 0.297. The van der Waals surface area contributed by atoms with Gasteiger partial charge in [0.25, 0.3) is 0 Å². The third-order valence-electron chi connectivity index (χ3n) is 3.63. The van der Waals surface area contributed by atoms with E-state index in [1.165, 1.54) is 0 Å². The molecule has 1 atom stereocenters. The van der Waals surface area contributed by atoms with Gasteiger partial charge in [0.15, 0.2) is 5.82 Å². The summed E-state index contributed by atoms with van der Waals surface area (Å²) in [6.45, 7) is 5.96. The summed E-state index contributed by atoms with van der Waals surface area (Å²) in [7, 11) is 2.04. The minimum atomic E-state index is 0.297. The third-order valence-corrected chi connectivity index (χ3v) is 3.63. The molecule has 0 bridgehead atoms. The van der Waals surface area contributed by atoms with Crippen LogP contribution in [0, 0.1) is 0 Å². The first-order valence-electron chi connectivity index (χ1n) is 6.71. The van der Waals surface area contributed by atoms with Crippen LogP contribution in [0.1, 0.15) is 43.8 Å². The van der Waals surface area contributed by atoms with E-state index in [4.69, 9.17) is 4.52 Å². The lowest BCUT2D eigenvalue weighted by atomic mass is 10.1. The first-order valence-corrected chi connectivity index (χ1v) is 6.71. The van der Waals surface area contributed by atoms with Crippen LogP contribution in [0.5, 0.6) is 0 Å². The average molecular weight is 261 g/mol. The molecule has 3 rings (SSSR count). The number of hydrogen-bond donors (Lipinski definition) is 0. The Labute approximate surface area is 112 Å². The molecule has 0 N–H and O–H groups in total. The van der Waals surface area contributed by atoms with Crippen LogP contribution in [-0.4, -0.2) is 32.8 Å². The number of aromatic nitrogens is 4. The second-order valence-corrected chi connectivity index (χ2v) is 5.42. The molecular weight excluding hydrogens is 242 g/mol. The molecule has 2 aromatic heterocycles. The fourth-order valence-electron chi connectivity index (χ4n) is 2.50. The first kappa shape index (κ1) is 12.2. The van der Waals surface area contributed by atoms with Crippen molar-refractivity contribution in [1.29, 1.82) is 0 Å². The van der Waals surface area contributed by atoms with Crippen molar-refractivity contribution in [3.8, 4) is 0 Å². The summed E-state index contributed by atoms with van der Waals surface area (Å²) in [6, 6.07) is 0.639. The fraction of sp³-hybridized carbons (Fsp3) is 0.615. The molecule has 0 unspecified atom stereocenters. The van der Waals surface area contributed by atoms with Crippen molar-refractivity contribution >= 4 is 6.01 Å². The van der Waals surface area contributed by atoms with Gasteiger partial charge in [0.05, 0.1) is 0 Å². The Balaban J connectivity index is 1.73. The molecule has 6 heteroatoms. The van der Waals surface area contributed by atoms with Gasteiger partial charge < -0.3 is 14.0 Å². The molecule has 3 heterocycles. The first-order chi connectivity index (χ1) is 9.15. The Morgan fingerprint density at radius 3 is 2.89 bits per heavy atom. The minimum Gasteiger partial charge on any atom is -0.338 e. The monoisotopic (exact) mass is 261 g/mol. The van der Waals surface area contributed by atoms with E-state index < -0.39 is 0 Å². The SMILES string of the molecule is CC(C)c1noc(N2CC[C@H](c3nccn3C)C2)n1. The standard InChI is InChI=1S/C13H19N5O/c1-9(2)11-15-13(19-16-11)18-6-4-10(8-18)12-14-5-7-17(12)3/h5,7,9-10H,4,6,8H2,1-3H3/t10-/m0/s1. The molecule has 1 saturated heterocycles. The van der Waals surface area contributed by atoms with Gasteiger partial charge >= 0.3 is 6.01 Å². The van der Waals surface area contributed by atoms with Crippen molar-refractivity contribution in [3.05, 3.63) is 24.0 Å². The lowest BCUT2D eigenvalue weighted by Crippen LogP contribution is -2.20. The molecule has 1 fully saturated rings. The summed E-state index contributed by atoms with van der Waals surface area (Å²) in [4.78, 5) is 11.0. The zero-order valence-electron chi connectivity index (χ0n) is 11.6. The van der Waals surface area contributed by atoms with Crippen LogP contribution in [0.25, 0.3) is 0 Å². The summed E-state index contributed by atoms with van der Waals surface area (Å²) in [5.74, 6) is 2.64. The molecule has 19 heavy (non-hydrogen) atoms. The van der Waals surface area contributed by atoms with Crippen LogP contribution >= 0.6 is 0 Å². The summed E-state index contributed by atoms with van der Waals surface area (Å²) in [6.07, 6.45) is 4.91. The zero-order chi connectivity index (χ0) is 13.4. The van der Waals surface area contributed by atoms with Crippen LogP contribution in [0.15, 0.2) is 16.9 Å². The van der Waals surface area contributed by atoms with Gasteiger partial charge in [-0.2, -0.15) is 4.98 Å². The van der Waals surface area contributed by atoms with Gasteiger partial charge in [-0.15, -0.1) is 0 Å². The van der Waals surface area contributed by atoms with Crippen LogP contribution in [0.3, 0.4) is 0 Å².